The molecule has 5 aromatic rings. The molecule has 1 aliphatic heterocycles. The van der Waals surface area contributed by atoms with Gasteiger partial charge < -0.3 is 19.3 Å². The molecule has 5 heterocycles. The van der Waals surface area contributed by atoms with Crippen LogP contribution in [0.25, 0.3) is 39.6 Å². The minimum absolute atomic E-state index is 0.609. The fourth-order valence-corrected chi connectivity index (χ4v) is 4.75. The largest absolute Gasteiger partial charge is 0.390 e. The van der Waals surface area contributed by atoms with Gasteiger partial charge in [-0.15, -0.1) is 0 Å². The van der Waals surface area contributed by atoms with E-state index in [1.165, 1.54) is 0 Å². The monoisotopic (exact) mass is 512 g/mol. The predicted octanol–water partition coefficient (Wildman–Crippen LogP) is 3.68. The summed E-state index contributed by atoms with van der Waals surface area (Å²) in [6, 6.07) is 14.2. The van der Waals surface area contributed by atoms with Crippen LogP contribution in [0.3, 0.4) is 0 Å². The van der Waals surface area contributed by atoms with Crippen LogP contribution >= 0.6 is 0 Å². The van der Waals surface area contributed by atoms with Crippen molar-refractivity contribution in [1.29, 1.82) is 0 Å². The molecule has 1 aromatic carbocycles. The molecule has 0 amide bonds. The first-order chi connectivity index (χ1) is 18.4. The molecule has 0 saturated carbocycles. The number of aromatic nitrogens is 7. The van der Waals surface area contributed by atoms with Crippen LogP contribution < -0.4 is 4.90 Å². The van der Waals surface area contributed by atoms with Gasteiger partial charge in [0.25, 0.3) is 0 Å². The van der Waals surface area contributed by atoms with Crippen LogP contribution in [0.2, 0.25) is 0 Å². The van der Waals surface area contributed by atoms with Gasteiger partial charge in [0.05, 0.1) is 42.0 Å². The summed E-state index contributed by atoms with van der Waals surface area (Å²) in [5.41, 5.74) is 4.75. The van der Waals surface area contributed by atoms with Gasteiger partial charge in [-0.2, -0.15) is 10.2 Å². The van der Waals surface area contributed by atoms with Crippen molar-refractivity contribution in [2.24, 2.45) is 7.05 Å². The van der Waals surface area contributed by atoms with E-state index in [2.05, 4.69) is 28.2 Å². The molecule has 0 atom stereocenters. The van der Waals surface area contributed by atoms with E-state index in [1.54, 1.807) is 0 Å². The number of imidazole rings is 1. The zero-order valence-corrected chi connectivity index (χ0v) is 21.9. The lowest BCUT2D eigenvalue weighted by molar-refractivity contribution is 0.0651. The number of morpholine rings is 1. The minimum atomic E-state index is -0.746. The zero-order valence-electron chi connectivity index (χ0n) is 21.9. The van der Waals surface area contributed by atoms with Crippen LogP contribution in [0.4, 0.5) is 5.69 Å². The summed E-state index contributed by atoms with van der Waals surface area (Å²) in [5, 5.41) is 19.4. The highest BCUT2D eigenvalue weighted by Gasteiger charge is 2.23. The van der Waals surface area contributed by atoms with Crippen molar-refractivity contribution in [3.63, 3.8) is 0 Å². The lowest BCUT2D eigenvalue weighted by Crippen LogP contribution is -2.36. The molecule has 1 saturated heterocycles. The number of pyridine rings is 1. The summed E-state index contributed by atoms with van der Waals surface area (Å²) in [6.07, 6.45) is 6.35. The topological polar surface area (TPSA) is 99.1 Å². The average Bonchev–Trinajstić information content (AvgIpc) is 3.67. The molecule has 1 aliphatic rings. The third-order valence-electron chi connectivity index (χ3n) is 6.88. The Balaban J connectivity index is 1.42. The summed E-state index contributed by atoms with van der Waals surface area (Å²) in [4.78, 5) is 12.4. The fraction of sp³-hybridized carbons (Fsp3) is 0.357. The molecule has 0 radical (unpaired) electrons. The van der Waals surface area contributed by atoms with Crippen LogP contribution in [0.15, 0.2) is 61.1 Å². The molecular formula is C28H32N8O2. The van der Waals surface area contributed by atoms with Crippen LogP contribution in [0.1, 0.15) is 20.3 Å². The van der Waals surface area contributed by atoms with Crippen molar-refractivity contribution in [2.45, 2.75) is 32.4 Å². The summed E-state index contributed by atoms with van der Waals surface area (Å²) in [7, 11) is 1.98. The highest BCUT2D eigenvalue weighted by Crippen LogP contribution is 2.32. The Hall–Kier alpha value is -4.02. The highest BCUT2D eigenvalue weighted by molar-refractivity contribution is 5.90. The number of aryl methyl sites for hydroxylation is 2. The summed E-state index contributed by atoms with van der Waals surface area (Å²) in [5.74, 6) is 1.52. The Bertz CT molecular complexity index is 1560. The number of aliphatic hydroxyl groups is 1. The summed E-state index contributed by atoms with van der Waals surface area (Å²) in [6.45, 7) is 7.16. The molecular weight excluding hydrogens is 480 g/mol. The molecule has 10 nitrogen and oxygen atoms in total. The Labute approximate surface area is 221 Å². The Kier molecular flexibility index (Phi) is 6.21. The van der Waals surface area contributed by atoms with Crippen molar-refractivity contribution in [1.82, 2.24) is 34.1 Å². The second kappa shape index (κ2) is 9.70. The molecule has 1 N–H and O–H groups in total. The second-order valence-corrected chi connectivity index (χ2v) is 10.3. The van der Waals surface area contributed by atoms with E-state index in [9.17, 15) is 5.11 Å². The lowest BCUT2D eigenvalue weighted by Gasteiger charge is -2.29. The standard InChI is InChI=1S/C28H32N8O2/c1-28(2,37)10-12-35-19-21(18-29-35)26-31-25-23(34-13-15-38-16-14-34)17-24(30-27(25)33(26)3)36-11-9-22(32-36)20-7-5-4-6-8-20/h4-9,11,17-19,37H,10,12-16H2,1-3H3. The van der Waals surface area contributed by atoms with E-state index in [0.717, 1.165) is 58.4 Å². The Morgan fingerprint density at radius 1 is 1.03 bits per heavy atom. The highest BCUT2D eigenvalue weighted by atomic mass is 16.5. The van der Waals surface area contributed by atoms with Crippen molar-refractivity contribution in [2.75, 3.05) is 31.2 Å². The van der Waals surface area contributed by atoms with Gasteiger partial charge in [0, 0.05) is 50.7 Å². The molecule has 1 fully saturated rings. The molecule has 38 heavy (non-hydrogen) atoms. The maximum atomic E-state index is 10.1. The molecule has 0 bridgehead atoms. The van der Waals surface area contributed by atoms with E-state index in [1.807, 2.05) is 77.7 Å². The van der Waals surface area contributed by atoms with Crippen molar-refractivity contribution >= 4 is 16.9 Å². The third-order valence-corrected chi connectivity index (χ3v) is 6.88. The average molecular weight is 513 g/mol. The van der Waals surface area contributed by atoms with Crippen molar-refractivity contribution in [3.8, 4) is 28.5 Å². The van der Waals surface area contributed by atoms with Gasteiger partial charge in [-0.25, -0.2) is 14.6 Å². The molecule has 10 heteroatoms. The molecule has 0 aliphatic carbocycles. The van der Waals surface area contributed by atoms with Gasteiger partial charge in [-0.3, -0.25) is 4.68 Å². The van der Waals surface area contributed by atoms with Crippen LogP contribution in [0, 0.1) is 0 Å². The number of anilines is 1. The van der Waals surface area contributed by atoms with Crippen LogP contribution in [0.5, 0.6) is 0 Å². The van der Waals surface area contributed by atoms with Gasteiger partial charge in [0.2, 0.25) is 0 Å². The van der Waals surface area contributed by atoms with Gasteiger partial charge in [-0.05, 0) is 26.3 Å². The van der Waals surface area contributed by atoms with Gasteiger partial charge >= 0.3 is 0 Å². The smallest absolute Gasteiger partial charge is 0.164 e. The van der Waals surface area contributed by atoms with Crippen LogP contribution in [-0.4, -0.2) is 71.1 Å². The maximum absolute atomic E-state index is 10.1. The van der Waals surface area contributed by atoms with Gasteiger partial charge in [0.15, 0.2) is 11.5 Å². The minimum Gasteiger partial charge on any atom is -0.390 e. The number of ether oxygens (including phenoxy) is 1. The quantitative estimate of drug-likeness (QED) is 0.355. The number of benzene rings is 1. The van der Waals surface area contributed by atoms with Crippen LogP contribution in [-0.2, 0) is 18.3 Å². The predicted molar refractivity (Wildman–Crippen MR) is 146 cm³/mol. The Morgan fingerprint density at radius 2 is 1.82 bits per heavy atom. The Morgan fingerprint density at radius 3 is 2.58 bits per heavy atom. The number of fused-ring (bicyclic) bond motifs is 1. The molecule has 6 rings (SSSR count). The summed E-state index contributed by atoms with van der Waals surface area (Å²) >= 11 is 0. The van der Waals surface area contributed by atoms with Crippen molar-refractivity contribution in [3.05, 3.63) is 61.1 Å². The molecule has 196 valence electrons. The molecule has 4 aromatic heterocycles. The lowest BCUT2D eigenvalue weighted by atomic mass is 10.1. The van der Waals surface area contributed by atoms with E-state index >= 15 is 0 Å². The van der Waals surface area contributed by atoms with Crippen molar-refractivity contribution < 1.29 is 9.84 Å². The van der Waals surface area contributed by atoms with Gasteiger partial charge in [-0.1, -0.05) is 30.3 Å². The van der Waals surface area contributed by atoms with E-state index in [0.29, 0.717) is 26.2 Å². The number of rotatable bonds is 7. The van der Waals surface area contributed by atoms with Gasteiger partial charge in [0.1, 0.15) is 11.3 Å². The molecule has 0 spiro atoms. The first-order valence-electron chi connectivity index (χ1n) is 12.9. The third kappa shape index (κ3) is 4.80. The first-order valence-corrected chi connectivity index (χ1v) is 12.9. The number of hydrogen-bond donors (Lipinski definition) is 1. The first kappa shape index (κ1) is 24.3. The number of nitrogens with zero attached hydrogens (tertiary/aromatic N) is 8. The van der Waals surface area contributed by atoms with E-state index in [-0.39, 0.29) is 0 Å². The van der Waals surface area contributed by atoms with E-state index in [4.69, 9.17) is 19.8 Å². The van der Waals surface area contributed by atoms with E-state index < -0.39 is 5.60 Å². The summed E-state index contributed by atoms with van der Waals surface area (Å²) < 4.78 is 11.3. The SMILES string of the molecule is Cn1c(-c2cnn(CCC(C)(C)O)c2)nc2c(N3CCOCC3)cc(-n3ccc(-c4ccccc4)n3)nc21. The maximum Gasteiger partial charge on any atom is 0.164 e. The number of hydrogen-bond acceptors (Lipinski definition) is 7. The second-order valence-electron chi connectivity index (χ2n) is 10.3. The fourth-order valence-electron chi connectivity index (χ4n) is 4.75. The zero-order chi connectivity index (χ0) is 26.3. The normalized spacial score (nSPS) is 14.5. The molecule has 0 unspecified atom stereocenters.